The van der Waals surface area contributed by atoms with Gasteiger partial charge in [0.05, 0.1) is 6.10 Å². The average molecular weight is 278 g/mol. The van der Waals surface area contributed by atoms with Crippen LogP contribution in [-0.4, -0.2) is 17.7 Å². The SMILES string of the molecule is CCC(=O)CCC1=CC(C(C)C)C(OC(C)C)=CC1=O. The van der Waals surface area contributed by atoms with E-state index in [0.717, 1.165) is 11.3 Å². The first-order chi connectivity index (χ1) is 9.35. The van der Waals surface area contributed by atoms with Crippen molar-refractivity contribution >= 4 is 11.6 Å². The summed E-state index contributed by atoms with van der Waals surface area (Å²) in [6, 6.07) is 0. The van der Waals surface area contributed by atoms with Crippen LogP contribution in [0.4, 0.5) is 0 Å². The van der Waals surface area contributed by atoms with Crippen LogP contribution >= 0.6 is 0 Å². The summed E-state index contributed by atoms with van der Waals surface area (Å²) in [5, 5.41) is 0. The Morgan fingerprint density at radius 2 is 1.95 bits per heavy atom. The van der Waals surface area contributed by atoms with E-state index < -0.39 is 0 Å². The van der Waals surface area contributed by atoms with Gasteiger partial charge in [-0.25, -0.2) is 0 Å². The van der Waals surface area contributed by atoms with E-state index in [1.165, 1.54) is 0 Å². The fourth-order valence-electron chi connectivity index (χ4n) is 2.26. The molecule has 112 valence electrons. The predicted molar refractivity (Wildman–Crippen MR) is 80.3 cm³/mol. The zero-order valence-electron chi connectivity index (χ0n) is 13.2. The maximum absolute atomic E-state index is 12.1. The topological polar surface area (TPSA) is 43.4 Å². The number of rotatable bonds is 7. The molecule has 0 spiro atoms. The minimum atomic E-state index is -0.0125. The molecule has 3 heteroatoms. The highest BCUT2D eigenvalue weighted by Crippen LogP contribution is 2.31. The molecule has 1 atom stereocenters. The third-order valence-corrected chi connectivity index (χ3v) is 3.46. The second-order valence-corrected chi connectivity index (χ2v) is 5.93. The van der Waals surface area contributed by atoms with Crippen LogP contribution in [0.15, 0.2) is 23.5 Å². The Balaban J connectivity index is 2.84. The summed E-state index contributed by atoms with van der Waals surface area (Å²) < 4.78 is 5.76. The predicted octanol–water partition coefficient (Wildman–Crippen LogP) is 3.84. The van der Waals surface area contributed by atoms with Gasteiger partial charge in [0, 0.05) is 24.8 Å². The molecule has 0 bridgehead atoms. The molecular weight excluding hydrogens is 252 g/mol. The standard InChI is InChI=1S/C17H26O3/c1-6-14(18)8-7-13-9-15(11(2)3)17(10-16(13)19)20-12(4)5/h9-12,15H,6-8H2,1-5H3. The average Bonchev–Trinajstić information content (AvgIpc) is 2.36. The smallest absolute Gasteiger partial charge is 0.184 e. The van der Waals surface area contributed by atoms with E-state index in [2.05, 4.69) is 13.8 Å². The number of allylic oxidation sites excluding steroid dienone is 3. The molecule has 0 saturated carbocycles. The fraction of sp³-hybridized carbons (Fsp3) is 0.647. The lowest BCUT2D eigenvalue weighted by molar-refractivity contribution is -0.118. The van der Waals surface area contributed by atoms with Crippen LogP contribution in [0.5, 0.6) is 0 Å². The molecule has 0 amide bonds. The van der Waals surface area contributed by atoms with E-state index >= 15 is 0 Å². The van der Waals surface area contributed by atoms with Crippen molar-refractivity contribution in [2.45, 2.75) is 60.0 Å². The summed E-state index contributed by atoms with van der Waals surface area (Å²) in [4.78, 5) is 23.5. The molecule has 1 rings (SSSR count). The molecule has 0 aliphatic heterocycles. The molecule has 0 fully saturated rings. The van der Waals surface area contributed by atoms with Crippen molar-refractivity contribution in [2.24, 2.45) is 11.8 Å². The van der Waals surface area contributed by atoms with Gasteiger partial charge in [0.2, 0.25) is 0 Å². The van der Waals surface area contributed by atoms with Gasteiger partial charge in [-0.15, -0.1) is 0 Å². The Hall–Kier alpha value is -1.38. The monoisotopic (exact) mass is 278 g/mol. The van der Waals surface area contributed by atoms with Crippen molar-refractivity contribution in [1.82, 2.24) is 0 Å². The molecule has 0 saturated heterocycles. The largest absolute Gasteiger partial charge is 0.495 e. The molecule has 20 heavy (non-hydrogen) atoms. The van der Waals surface area contributed by atoms with Crippen LogP contribution in [0, 0.1) is 11.8 Å². The number of ether oxygens (including phenoxy) is 1. The van der Waals surface area contributed by atoms with Crippen molar-refractivity contribution in [2.75, 3.05) is 0 Å². The summed E-state index contributed by atoms with van der Waals surface area (Å²) in [5.41, 5.74) is 0.751. The highest BCUT2D eigenvalue weighted by atomic mass is 16.5. The van der Waals surface area contributed by atoms with E-state index in [4.69, 9.17) is 4.74 Å². The number of Topliss-reactive ketones (excluding diaryl/α,β-unsaturated/α-hetero) is 1. The fourth-order valence-corrected chi connectivity index (χ4v) is 2.26. The van der Waals surface area contributed by atoms with Gasteiger partial charge in [0.15, 0.2) is 5.78 Å². The minimum Gasteiger partial charge on any atom is -0.495 e. The Labute approximate surface area is 122 Å². The van der Waals surface area contributed by atoms with Gasteiger partial charge in [-0.3, -0.25) is 9.59 Å². The lowest BCUT2D eigenvalue weighted by Gasteiger charge is -2.27. The Morgan fingerprint density at radius 1 is 1.30 bits per heavy atom. The molecule has 0 aromatic rings. The summed E-state index contributed by atoms with van der Waals surface area (Å²) in [7, 11) is 0. The summed E-state index contributed by atoms with van der Waals surface area (Å²) in [6.45, 7) is 10.0. The van der Waals surface area contributed by atoms with E-state index in [-0.39, 0.29) is 23.6 Å². The van der Waals surface area contributed by atoms with Crippen molar-refractivity contribution < 1.29 is 14.3 Å². The molecule has 1 unspecified atom stereocenters. The summed E-state index contributed by atoms with van der Waals surface area (Å²) >= 11 is 0. The number of hydrogen-bond acceptors (Lipinski definition) is 3. The minimum absolute atomic E-state index is 0.0125. The van der Waals surface area contributed by atoms with Crippen molar-refractivity contribution in [3.63, 3.8) is 0 Å². The van der Waals surface area contributed by atoms with E-state index in [1.54, 1.807) is 6.08 Å². The van der Waals surface area contributed by atoms with Gasteiger partial charge in [-0.1, -0.05) is 26.8 Å². The van der Waals surface area contributed by atoms with Crippen molar-refractivity contribution in [3.05, 3.63) is 23.5 Å². The highest BCUT2D eigenvalue weighted by Gasteiger charge is 2.26. The molecule has 0 heterocycles. The number of carbonyl (C=O) groups is 2. The molecule has 0 aromatic heterocycles. The number of carbonyl (C=O) groups excluding carboxylic acids is 2. The molecule has 0 aromatic carbocycles. The van der Waals surface area contributed by atoms with Gasteiger partial charge in [-0.05, 0) is 31.8 Å². The van der Waals surface area contributed by atoms with Gasteiger partial charge in [-0.2, -0.15) is 0 Å². The number of ketones is 2. The zero-order valence-corrected chi connectivity index (χ0v) is 13.2. The summed E-state index contributed by atoms with van der Waals surface area (Å²) in [5.74, 6) is 1.44. The van der Waals surface area contributed by atoms with Crippen LogP contribution in [0.2, 0.25) is 0 Å². The quantitative estimate of drug-likeness (QED) is 0.710. The van der Waals surface area contributed by atoms with E-state index in [0.29, 0.717) is 25.2 Å². The zero-order chi connectivity index (χ0) is 15.3. The molecule has 0 N–H and O–H groups in total. The number of hydrogen-bond donors (Lipinski definition) is 0. The van der Waals surface area contributed by atoms with Crippen molar-refractivity contribution in [3.8, 4) is 0 Å². The molecular formula is C17H26O3. The van der Waals surface area contributed by atoms with Gasteiger partial charge < -0.3 is 4.74 Å². The Bertz CT molecular complexity index is 428. The van der Waals surface area contributed by atoms with E-state index in [1.807, 2.05) is 26.8 Å². The van der Waals surface area contributed by atoms with Gasteiger partial charge >= 0.3 is 0 Å². The first kappa shape index (κ1) is 16.7. The lowest BCUT2D eigenvalue weighted by atomic mass is 9.84. The second-order valence-electron chi connectivity index (χ2n) is 5.93. The van der Waals surface area contributed by atoms with Crippen LogP contribution in [0.1, 0.15) is 53.9 Å². The maximum Gasteiger partial charge on any atom is 0.184 e. The highest BCUT2D eigenvalue weighted by molar-refractivity contribution is 6.05. The second kappa shape index (κ2) is 7.41. The maximum atomic E-state index is 12.1. The van der Waals surface area contributed by atoms with Crippen molar-refractivity contribution in [1.29, 1.82) is 0 Å². The lowest BCUT2D eigenvalue weighted by Crippen LogP contribution is -2.22. The third-order valence-electron chi connectivity index (χ3n) is 3.46. The van der Waals surface area contributed by atoms with Gasteiger partial charge in [0.25, 0.3) is 0 Å². The van der Waals surface area contributed by atoms with E-state index in [9.17, 15) is 9.59 Å². The molecule has 1 aliphatic carbocycles. The first-order valence-corrected chi connectivity index (χ1v) is 7.50. The van der Waals surface area contributed by atoms with Gasteiger partial charge in [0.1, 0.15) is 11.5 Å². The first-order valence-electron chi connectivity index (χ1n) is 7.50. The Morgan fingerprint density at radius 3 is 2.45 bits per heavy atom. The van der Waals surface area contributed by atoms with Crippen LogP contribution in [0.3, 0.4) is 0 Å². The third kappa shape index (κ3) is 4.62. The summed E-state index contributed by atoms with van der Waals surface area (Å²) in [6.07, 6.45) is 5.19. The van der Waals surface area contributed by atoms with Crippen LogP contribution < -0.4 is 0 Å². The molecule has 0 radical (unpaired) electrons. The molecule has 3 nitrogen and oxygen atoms in total. The van der Waals surface area contributed by atoms with Crippen LogP contribution in [0.25, 0.3) is 0 Å². The molecule has 1 aliphatic rings. The normalized spacial score (nSPS) is 19.1. The van der Waals surface area contributed by atoms with Crippen LogP contribution in [-0.2, 0) is 14.3 Å². The Kier molecular flexibility index (Phi) is 6.18.